The summed E-state index contributed by atoms with van der Waals surface area (Å²) in [5.74, 6) is -1.09. The van der Waals surface area contributed by atoms with Crippen LogP contribution in [0.1, 0.15) is 12.0 Å². The Balaban J connectivity index is 1.69. The van der Waals surface area contributed by atoms with Crippen molar-refractivity contribution < 1.29 is 18.0 Å². The predicted molar refractivity (Wildman–Crippen MR) is 128 cm³/mol. The standard InChI is InChI=1S/C23H19Cl2N3O4S/c24-16-10-11-21(17(25)12-16)33(31,32)28-19-9-5-4-8-18(19)27-23(30)20(28)13-22(29)26-14-15-6-2-1-3-7-15/h1-12,20H,13-14H2,(H,26,29)(H,27,30). The first-order valence-corrected chi connectivity index (χ1v) is 12.2. The number of benzene rings is 3. The van der Waals surface area contributed by atoms with Gasteiger partial charge in [0.05, 0.1) is 22.8 Å². The van der Waals surface area contributed by atoms with Crippen molar-refractivity contribution in [2.24, 2.45) is 0 Å². The normalized spacial score (nSPS) is 15.5. The average Bonchev–Trinajstić information content (AvgIpc) is 2.78. The zero-order valence-corrected chi connectivity index (χ0v) is 19.5. The van der Waals surface area contributed by atoms with E-state index in [1.54, 1.807) is 24.3 Å². The summed E-state index contributed by atoms with van der Waals surface area (Å²) in [5.41, 5.74) is 1.43. The first kappa shape index (κ1) is 23.1. The monoisotopic (exact) mass is 503 g/mol. The van der Waals surface area contributed by atoms with Crippen molar-refractivity contribution in [3.05, 3.63) is 88.4 Å². The quantitative estimate of drug-likeness (QED) is 0.526. The van der Waals surface area contributed by atoms with Crippen LogP contribution in [0.25, 0.3) is 0 Å². The molecule has 10 heteroatoms. The third-order valence-electron chi connectivity index (χ3n) is 5.13. The summed E-state index contributed by atoms with van der Waals surface area (Å²) in [5, 5.41) is 5.61. The third kappa shape index (κ3) is 4.83. The number of carbonyl (C=O) groups excluding carboxylic acids is 2. The molecule has 170 valence electrons. The number of rotatable bonds is 6. The highest BCUT2D eigenvalue weighted by molar-refractivity contribution is 7.93. The molecule has 33 heavy (non-hydrogen) atoms. The number of para-hydroxylation sites is 2. The van der Waals surface area contributed by atoms with E-state index in [1.807, 2.05) is 30.3 Å². The van der Waals surface area contributed by atoms with Crippen LogP contribution in [0.15, 0.2) is 77.7 Å². The Kier molecular flexibility index (Phi) is 6.60. The molecule has 2 N–H and O–H groups in total. The van der Waals surface area contributed by atoms with Crippen LogP contribution in [0.3, 0.4) is 0 Å². The smallest absolute Gasteiger partial charge is 0.266 e. The van der Waals surface area contributed by atoms with Gasteiger partial charge < -0.3 is 10.6 Å². The van der Waals surface area contributed by atoms with E-state index < -0.39 is 27.9 Å². The summed E-state index contributed by atoms with van der Waals surface area (Å²) in [6, 6.07) is 18.4. The molecule has 3 aromatic carbocycles. The van der Waals surface area contributed by atoms with E-state index in [1.165, 1.54) is 18.2 Å². The van der Waals surface area contributed by atoms with Crippen molar-refractivity contribution in [1.82, 2.24) is 5.32 Å². The fourth-order valence-corrected chi connectivity index (χ4v) is 5.95. The van der Waals surface area contributed by atoms with E-state index in [4.69, 9.17) is 23.2 Å². The third-order valence-corrected chi connectivity index (χ3v) is 7.67. The highest BCUT2D eigenvalue weighted by atomic mass is 35.5. The number of hydrogen-bond acceptors (Lipinski definition) is 4. The van der Waals surface area contributed by atoms with Crippen molar-refractivity contribution in [1.29, 1.82) is 0 Å². The number of sulfonamides is 1. The molecule has 1 unspecified atom stereocenters. The van der Waals surface area contributed by atoms with E-state index >= 15 is 0 Å². The number of fused-ring (bicyclic) bond motifs is 1. The van der Waals surface area contributed by atoms with Gasteiger partial charge in [0.15, 0.2) is 0 Å². The maximum absolute atomic E-state index is 13.7. The summed E-state index contributed by atoms with van der Waals surface area (Å²) >= 11 is 12.1. The Morgan fingerprint density at radius 3 is 2.42 bits per heavy atom. The molecule has 1 aliphatic heterocycles. The van der Waals surface area contributed by atoms with Crippen molar-refractivity contribution in [3.63, 3.8) is 0 Å². The van der Waals surface area contributed by atoms with Gasteiger partial charge in [-0.15, -0.1) is 0 Å². The first-order valence-electron chi connectivity index (χ1n) is 9.97. The fourth-order valence-electron chi connectivity index (χ4n) is 3.57. The van der Waals surface area contributed by atoms with Gasteiger partial charge in [0.25, 0.3) is 10.0 Å². The summed E-state index contributed by atoms with van der Waals surface area (Å²) in [6.07, 6.45) is -0.378. The molecule has 0 saturated carbocycles. The molecule has 1 atom stereocenters. The largest absolute Gasteiger partial charge is 0.352 e. The molecule has 0 aliphatic carbocycles. The number of nitrogens with one attached hydrogen (secondary N) is 2. The number of halogens is 2. The number of amides is 2. The topological polar surface area (TPSA) is 95.6 Å². The summed E-state index contributed by atoms with van der Waals surface area (Å²) in [6.45, 7) is 0.250. The Morgan fingerprint density at radius 1 is 1.00 bits per heavy atom. The van der Waals surface area contributed by atoms with Gasteiger partial charge in [-0.25, -0.2) is 8.42 Å². The van der Waals surface area contributed by atoms with E-state index in [-0.39, 0.29) is 33.6 Å². The van der Waals surface area contributed by atoms with Gasteiger partial charge in [0.2, 0.25) is 11.8 Å². The highest BCUT2D eigenvalue weighted by Gasteiger charge is 2.42. The molecule has 7 nitrogen and oxygen atoms in total. The Labute approximate surface area is 201 Å². The summed E-state index contributed by atoms with van der Waals surface area (Å²) in [7, 11) is -4.32. The van der Waals surface area contributed by atoms with Crippen LogP contribution < -0.4 is 14.9 Å². The van der Waals surface area contributed by atoms with Crippen LogP contribution in [-0.4, -0.2) is 26.3 Å². The first-order chi connectivity index (χ1) is 15.8. The Bertz CT molecular complexity index is 1320. The van der Waals surface area contributed by atoms with Crippen LogP contribution in [0.4, 0.5) is 11.4 Å². The lowest BCUT2D eigenvalue weighted by Gasteiger charge is -2.36. The minimum atomic E-state index is -4.32. The van der Waals surface area contributed by atoms with Crippen molar-refractivity contribution in [2.75, 3.05) is 9.62 Å². The zero-order valence-electron chi connectivity index (χ0n) is 17.2. The van der Waals surface area contributed by atoms with Crippen molar-refractivity contribution in [3.8, 4) is 0 Å². The molecule has 2 amide bonds. The van der Waals surface area contributed by atoms with Gasteiger partial charge >= 0.3 is 0 Å². The summed E-state index contributed by atoms with van der Waals surface area (Å²) in [4.78, 5) is 25.4. The molecular weight excluding hydrogens is 485 g/mol. The number of hydrogen-bond donors (Lipinski definition) is 2. The SMILES string of the molecule is O=C(CC1C(=O)Nc2ccccc2N1S(=O)(=O)c1ccc(Cl)cc1Cl)NCc1ccccc1. The molecule has 3 aromatic rings. The Hall–Kier alpha value is -3.07. The average molecular weight is 504 g/mol. The predicted octanol–water partition coefficient (Wildman–Crippen LogP) is 4.22. The lowest BCUT2D eigenvalue weighted by atomic mass is 10.1. The molecule has 0 bridgehead atoms. The lowest BCUT2D eigenvalue weighted by Crippen LogP contribution is -2.52. The van der Waals surface area contributed by atoms with Gasteiger partial charge in [-0.2, -0.15) is 0 Å². The van der Waals surface area contributed by atoms with Crippen LogP contribution in [-0.2, 0) is 26.2 Å². The highest BCUT2D eigenvalue weighted by Crippen LogP contribution is 2.39. The molecular formula is C23H19Cl2N3O4S. The number of anilines is 2. The van der Waals surface area contributed by atoms with Crippen molar-refractivity contribution in [2.45, 2.75) is 23.9 Å². The minimum Gasteiger partial charge on any atom is -0.352 e. The van der Waals surface area contributed by atoms with Gasteiger partial charge in [0.1, 0.15) is 10.9 Å². The van der Waals surface area contributed by atoms with Crippen molar-refractivity contribution >= 4 is 56.4 Å². The van der Waals surface area contributed by atoms with Gasteiger partial charge in [-0.05, 0) is 35.9 Å². The van der Waals surface area contributed by atoms with Gasteiger partial charge in [0, 0.05) is 11.6 Å². The Morgan fingerprint density at radius 2 is 1.70 bits per heavy atom. The van der Waals surface area contributed by atoms with Crippen LogP contribution in [0, 0.1) is 0 Å². The van der Waals surface area contributed by atoms with E-state index in [2.05, 4.69) is 10.6 Å². The number of nitrogens with zero attached hydrogens (tertiary/aromatic N) is 1. The van der Waals surface area contributed by atoms with Crippen LogP contribution in [0.2, 0.25) is 10.0 Å². The second-order valence-electron chi connectivity index (χ2n) is 7.36. The number of carbonyl (C=O) groups is 2. The molecule has 0 aromatic heterocycles. The fraction of sp³-hybridized carbons (Fsp3) is 0.130. The second-order valence-corrected chi connectivity index (χ2v) is 9.99. The summed E-state index contributed by atoms with van der Waals surface area (Å²) < 4.78 is 28.3. The molecule has 0 radical (unpaired) electrons. The molecule has 1 aliphatic rings. The van der Waals surface area contributed by atoms with E-state index in [0.717, 1.165) is 9.87 Å². The van der Waals surface area contributed by atoms with Gasteiger partial charge in [-0.3, -0.25) is 13.9 Å². The van der Waals surface area contributed by atoms with E-state index in [9.17, 15) is 18.0 Å². The molecule has 0 spiro atoms. The van der Waals surface area contributed by atoms with E-state index in [0.29, 0.717) is 5.69 Å². The minimum absolute atomic E-state index is 0.0850. The molecule has 4 rings (SSSR count). The van der Waals surface area contributed by atoms with Gasteiger partial charge in [-0.1, -0.05) is 65.7 Å². The molecule has 0 saturated heterocycles. The molecule has 1 heterocycles. The lowest BCUT2D eigenvalue weighted by molar-refractivity contribution is -0.125. The second kappa shape index (κ2) is 9.43. The molecule has 0 fully saturated rings. The van der Waals surface area contributed by atoms with Crippen LogP contribution in [0.5, 0.6) is 0 Å². The zero-order chi connectivity index (χ0) is 23.6. The maximum atomic E-state index is 13.7. The van der Waals surface area contributed by atoms with Crippen LogP contribution >= 0.6 is 23.2 Å². The maximum Gasteiger partial charge on any atom is 0.266 e.